The molecule has 1 amide bonds. The number of ether oxygens (including phenoxy) is 1. The van der Waals surface area contributed by atoms with E-state index in [0.717, 1.165) is 12.8 Å². The van der Waals surface area contributed by atoms with Gasteiger partial charge in [-0.15, -0.1) is 0 Å². The Labute approximate surface area is 158 Å². The summed E-state index contributed by atoms with van der Waals surface area (Å²) in [6.07, 6.45) is 1.81. The number of hydrogen-bond donors (Lipinski definition) is 2. The maximum atomic E-state index is 12.6. The zero-order chi connectivity index (χ0) is 19.9. The van der Waals surface area contributed by atoms with Gasteiger partial charge in [0.15, 0.2) is 0 Å². The number of methoxy groups -OCH3 is 1. The first-order valence-electron chi connectivity index (χ1n) is 8.47. The molecule has 0 atom stereocenters. The number of benzene rings is 2. The van der Waals surface area contributed by atoms with Gasteiger partial charge < -0.3 is 10.1 Å². The molecule has 144 valence electrons. The minimum Gasteiger partial charge on any atom is -0.465 e. The highest BCUT2D eigenvalue weighted by molar-refractivity contribution is 7.92. The molecular formula is C19H22N2O5S. The Hall–Kier alpha value is -2.87. The maximum absolute atomic E-state index is 12.6. The summed E-state index contributed by atoms with van der Waals surface area (Å²) in [4.78, 5) is 23.5. The lowest BCUT2D eigenvalue weighted by molar-refractivity contribution is 0.0600. The maximum Gasteiger partial charge on any atom is 0.337 e. The SMILES string of the molecule is CCCCNC(=O)c1cccc(S(=O)(=O)Nc2ccc(C(=O)OC)cc2)c1. The van der Waals surface area contributed by atoms with Gasteiger partial charge in [-0.3, -0.25) is 9.52 Å². The molecule has 0 unspecified atom stereocenters. The van der Waals surface area contributed by atoms with Gasteiger partial charge in [-0.05, 0) is 48.9 Å². The highest BCUT2D eigenvalue weighted by Gasteiger charge is 2.17. The van der Waals surface area contributed by atoms with Crippen molar-refractivity contribution in [2.45, 2.75) is 24.7 Å². The molecule has 0 saturated carbocycles. The lowest BCUT2D eigenvalue weighted by Crippen LogP contribution is -2.24. The first kappa shape index (κ1) is 20.4. The van der Waals surface area contributed by atoms with Gasteiger partial charge in [0, 0.05) is 17.8 Å². The van der Waals surface area contributed by atoms with Crippen molar-refractivity contribution in [1.82, 2.24) is 5.32 Å². The van der Waals surface area contributed by atoms with Crippen molar-refractivity contribution < 1.29 is 22.7 Å². The Bertz CT molecular complexity index is 908. The van der Waals surface area contributed by atoms with Crippen molar-refractivity contribution in [3.05, 3.63) is 59.7 Å². The number of esters is 1. The third kappa shape index (κ3) is 5.55. The lowest BCUT2D eigenvalue weighted by Gasteiger charge is -2.10. The van der Waals surface area contributed by atoms with Crippen molar-refractivity contribution in [1.29, 1.82) is 0 Å². The minimum atomic E-state index is -3.88. The zero-order valence-corrected chi connectivity index (χ0v) is 16.0. The summed E-state index contributed by atoms with van der Waals surface area (Å²) in [6.45, 7) is 2.56. The predicted molar refractivity (Wildman–Crippen MR) is 102 cm³/mol. The van der Waals surface area contributed by atoms with Gasteiger partial charge in [0.2, 0.25) is 0 Å². The number of carbonyl (C=O) groups is 2. The Balaban J connectivity index is 2.15. The van der Waals surface area contributed by atoms with E-state index in [4.69, 9.17) is 0 Å². The monoisotopic (exact) mass is 390 g/mol. The molecule has 0 fully saturated rings. The molecule has 0 bridgehead atoms. The Kier molecular flexibility index (Phi) is 6.95. The van der Waals surface area contributed by atoms with Gasteiger partial charge in [0.05, 0.1) is 17.6 Å². The number of nitrogens with one attached hydrogen (secondary N) is 2. The molecular weight excluding hydrogens is 368 g/mol. The largest absolute Gasteiger partial charge is 0.465 e. The van der Waals surface area contributed by atoms with E-state index >= 15 is 0 Å². The lowest BCUT2D eigenvalue weighted by atomic mass is 10.2. The average Bonchev–Trinajstić information content (AvgIpc) is 2.68. The molecule has 8 heteroatoms. The fourth-order valence-corrected chi connectivity index (χ4v) is 3.40. The van der Waals surface area contributed by atoms with Crippen molar-refractivity contribution in [3.63, 3.8) is 0 Å². The van der Waals surface area contributed by atoms with E-state index in [2.05, 4.69) is 14.8 Å². The fraction of sp³-hybridized carbons (Fsp3) is 0.263. The second-order valence-electron chi connectivity index (χ2n) is 5.81. The highest BCUT2D eigenvalue weighted by Crippen LogP contribution is 2.18. The molecule has 2 N–H and O–H groups in total. The van der Waals surface area contributed by atoms with Crippen molar-refractivity contribution in [3.8, 4) is 0 Å². The fourth-order valence-electron chi connectivity index (χ4n) is 2.29. The summed E-state index contributed by atoms with van der Waals surface area (Å²) in [7, 11) is -2.61. The first-order valence-corrected chi connectivity index (χ1v) is 9.95. The van der Waals surface area contributed by atoms with E-state index in [1.54, 1.807) is 6.07 Å². The highest BCUT2D eigenvalue weighted by atomic mass is 32.2. The molecule has 0 aliphatic carbocycles. The van der Waals surface area contributed by atoms with Crippen molar-refractivity contribution in [2.75, 3.05) is 18.4 Å². The molecule has 2 aromatic carbocycles. The molecule has 0 aliphatic rings. The summed E-state index contributed by atoms with van der Waals surface area (Å²) in [6, 6.07) is 11.7. The van der Waals surface area contributed by atoms with Crippen LogP contribution in [0.5, 0.6) is 0 Å². The van der Waals surface area contributed by atoms with Crippen LogP contribution in [0.4, 0.5) is 5.69 Å². The minimum absolute atomic E-state index is 0.0253. The normalized spacial score (nSPS) is 10.9. The first-order chi connectivity index (χ1) is 12.9. The quantitative estimate of drug-likeness (QED) is 0.533. The Morgan fingerprint density at radius 2 is 1.74 bits per heavy atom. The summed E-state index contributed by atoms with van der Waals surface area (Å²) in [5.41, 5.74) is 0.877. The zero-order valence-electron chi connectivity index (χ0n) is 15.2. The van der Waals surface area contributed by atoms with Gasteiger partial charge in [0.25, 0.3) is 15.9 Å². The van der Waals surface area contributed by atoms with Crippen LogP contribution in [0.25, 0.3) is 0 Å². The molecule has 0 heterocycles. The third-order valence-electron chi connectivity index (χ3n) is 3.78. The van der Waals surface area contributed by atoms with E-state index in [1.807, 2.05) is 6.92 Å². The third-order valence-corrected chi connectivity index (χ3v) is 5.16. The Morgan fingerprint density at radius 1 is 1.04 bits per heavy atom. The van der Waals surface area contributed by atoms with Crippen LogP contribution in [0, 0.1) is 0 Å². The number of unbranched alkanes of at least 4 members (excludes halogenated alkanes) is 1. The summed E-state index contributed by atoms with van der Waals surface area (Å²) in [5.74, 6) is -0.825. The van der Waals surface area contributed by atoms with Gasteiger partial charge in [0.1, 0.15) is 0 Å². The predicted octanol–water partition coefficient (Wildman–Crippen LogP) is 2.80. The number of hydrogen-bond acceptors (Lipinski definition) is 5. The molecule has 27 heavy (non-hydrogen) atoms. The van der Waals surface area contributed by atoms with Crippen LogP contribution in [0.3, 0.4) is 0 Å². The number of anilines is 1. The second-order valence-corrected chi connectivity index (χ2v) is 7.49. The second kappa shape index (κ2) is 9.18. The summed E-state index contributed by atoms with van der Waals surface area (Å²) < 4.78 is 32.2. The van der Waals surface area contributed by atoms with Gasteiger partial charge in [-0.2, -0.15) is 0 Å². The Morgan fingerprint density at radius 3 is 2.37 bits per heavy atom. The van der Waals surface area contributed by atoms with E-state index in [0.29, 0.717) is 17.8 Å². The molecule has 0 aliphatic heterocycles. The van der Waals surface area contributed by atoms with Crippen LogP contribution in [0.1, 0.15) is 40.5 Å². The number of amides is 1. The molecule has 7 nitrogen and oxygen atoms in total. The average molecular weight is 390 g/mol. The van der Waals surface area contributed by atoms with Gasteiger partial charge >= 0.3 is 5.97 Å². The van der Waals surface area contributed by atoms with Crippen LogP contribution in [0.15, 0.2) is 53.4 Å². The molecule has 2 rings (SSSR count). The van der Waals surface area contributed by atoms with Crippen LogP contribution >= 0.6 is 0 Å². The molecule has 0 spiro atoms. The number of sulfonamides is 1. The van der Waals surface area contributed by atoms with Crippen LogP contribution in [-0.2, 0) is 14.8 Å². The number of carbonyl (C=O) groups excluding carboxylic acids is 2. The standard InChI is InChI=1S/C19H22N2O5S/c1-3-4-12-20-18(22)15-6-5-7-17(13-15)27(24,25)21-16-10-8-14(9-11-16)19(23)26-2/h5-11,13,21H,3-4,12H2,1-2H3,(H,20,22). The van der Waals surface area contributed by atoms with Crippen molar-refractivity contribution >= 4 is 27.6 Å². The number of rotatable bonds is 8. The van der Waals surface area contributed by atoms with Gasteiger partial charge in [-0.25, -0.2) is 13.2 Å². The summed E-state index contributed by atoms with van der Waals surface area (Å²) in [5, 5.41) is 2.75. The molecule has 0 radical (unpaired) electrons. The van der Waals surface area contributed by atoms with Crippen LogP contribution < -0.4 is 10.0 Å². The molecule has 0 aromatic heterocycles. The summed E-state index contributed by atoms with van der Waals surface area (Å²) >= 11 is 0. The van der Waals surface area contributed by atoms with Crippen molar-refractivity contribution in [2.24, 2.45) is 0 Å². The van der Waals surface area contributed by atoms with E-state index < -0.39 is 16.0 Å². The molecule has 2 aromatic rings. The van der Waals surface area contributed by atoms with Crippen LogP contribution in [0.2, 0.25) is 0 Å². The van der Waals surface area contributed by atoms with Gasteiger partial charge in [-0.1, -0.05) is 19.4 Å². The van der Waals surface area contributed by atoms with E-state index in [-0.39, 0.29) is 16.4 Å². The van der Waals surface area contributed by atoms with E-state index in [1.165, 1.54) is 49.6 Å². The topological polar surface area (TPSA) is 102 Å². The smallest absolute Gasteiger partial charge is 0.337 e. The van der Waals surface area contributed by atoms with Crippen LogP contribution in [-0.4, -0.2) is 33.9 Å². The molecule has 0 saturated heterocycles. The van der Waals surface area contributed by atoms with E-state index in [9.17, 15) is 18.0 Å².